The van der Waals surface area contributed by atoms with Gasteiger partial charge in [-0.05, 0) is 68.6 Å². The lowest BCUT2D eigenvalue weighted by Gasteiger charge is -2.42. The third-order valence-corrected chi connectivity index (χ3v) is 17.9. The lowest BCUT2D eigenvalue weighted by Crippen LogP contribution is -2.56. The fraction of sp³-hybridized carbons (Fsp3) is 0.351. The first kappa shape index (κ1) is 54.2. The largest absolute Gasteiger partial charge is 0.461 e. The molecule has 5 atom stereocenters. The van der Waals surface area contributed by atoms with Crippen molar-refractivity contribution in [3.8, 4) is 40.7 Å². The van der Waals surface area contributed by atoms with Crippen LogP contribution in [-0.4, -0.2) is 116 Å². The van der Waals surface area contributed by atoms with Crippen LogP contribution in [0.25, 0.3) is 54.4 Å². The van der Waals surface area contributed by atoms with Gasteiger partial charge in [0.05, 0.1) is 79.6 Å². The summed E-state index contributed by atoms with van der Waals surface area (Å²) in [5.74, 6) is -3.91. The third-order valence-electron chi connectivity index (χ3n) is 16.5. The zero-order chi connectivity index (χ0) is 57.8. The average molecular weight is 1160 g/mol. The average Bonchev–Trinajstić information content (AvgIpc) is 4.11. The van der Waals surface area contributed by atoms with Gasteiger partial charge in [0, 0.05) is 71.5 Å². The van der Waals surface area contributed by atoms with Crippen LogP contribution in [0, 0.1) is 40.1 Å². The Hall–Kier alpha value is -8.42. The van der Waals surface area contributed by atoms with E-state index in [0.717, 1.165) is 29.9 Å². The molecule has 3 fully saturated rings. The number of nitriles is 2. The Morgan fingerprint density at radius 1 is 1.09 bits per heavy atom. The number of aromatic nitrogens is 4. The molecule has 4 N–H and O–H groups in total. The number of carbonyl (C=O) groups excluding carboxylic acids is 3. The summed E-state index contributed by atoms with van der Waals surface area (Å²) in [6.45, 7) is 7.57. The smallest absolute Gasteiger partial charge is 0.412 e. The summed E-state index contributed by atoms with van der Waals surface area (Å²) in [5, 5.41) is 34.2. The number of fused-ring (bicyclic) bond motifs is 8. The van der Waals surface area contributed by atoms with Gasteiger partial charge in [0.2, 0.25) is 0 Å². The molecule has 4 aromatic heterocycles. The molecule has 12 rings (SSSR count). The lowest BCUT2D eigenvalue weighted by atomic mass is 9.86. The van der Waals surface area contributed by atoms with E-state index in [1.165, 1.54) is 40.7 Å². The highest BCUT2D eigenvalue weighted by Gasteiger charge is 2.50. The Balaban J connectivity index is 0.785. The van der Waals surface area contributed by atoms with E-state index in [2.05, 4.69) is 27.9 Å². The number of hydrogen-bond acceptors (Lipinski definition) is 17. The predicted octanol–water partition coefficient (Wildman–Crippen LogP) is 8.51. The Morgan fingerprint density at radius 2 is 1.89 bits per heavy atom. The van der Waals surface area contributed by atoms with Gasteiger partial charge in [-0.25, -0.2) is 32.1 Å². The minimum Gasteiger partial charge on any atom is -0.461 e. The zero-order valence-corrected chi connectivity index (χ0v) is 45.5. The highest BCUT2D eigenvalue weighted by atomic mass is 35.5. The lowest BCUT2D eigenvalue weighted by molar-refractivity contribution is -0.172. The third kappa shape index (κ3) is 8.69. The molecule has 5 aliphatic rings. The summed E-state index contributed by atoms with van der Waals surface area (Å²) in [5.41, 5.74) is 3.81. The van der Waals surface area contributed by atoms with Gasteiger partial charge in [-0.1, -0.05) is 31.2 Å². The number of anilines is 3. The number of rotatable bonds is 11. The van der Waals surface area contributed by atoms with Gasteiger partial charge in [0.15, 0.2) is 11.4 Å². The van der Waals surface area contributed by atoms with Gasteiger partial charge in [-0.3, -0.25) is 19.8 Å². The van der Waals surface area contributed by atoms with E-state index in [-0.39, 0.29) is 153 Å². The first-order valence-electron chi connectivity index (χ1n) is 26.3. The van der Waals surface area contributed by atoms with E-state index >= 15 is 13.2 Å². The fourth-order valence-corrected chi connectivity index (χ4v) is 13.5. The van der Waals surface area contributed by atoms with Gasteiger partial charge in [0.1, 0.15) is 59.5 Å². The first-order chi connectivity index (χ1) is 39.3. The van der Waals surface area contributed by atoms with Crippen molar-refractivity contribution in [3.05, 3.63) is 110 Å². The van der Waals surface area contributed by atoms with E-state index in [0.29, 0.717) is 35.3 Å². The number of hydrogen-bond donors (Lipinski definition) is 3. The van der Waals surface area contributed by atoms with Crippen LogP contribution < -0.4 is 26.2 Å². The molecule has 0 unspecified atom stereocenters. The highest BCUT2D eigenvalue weighted by Crippen LogP contribution is 2.47. The number of alkyl halides is 1. The summed E-state index contributed by atoms with van der Waals surface area (Å²) in [4.78, 5) is 73.1. The maximum absolute atomic E-state index is 17.5. The van der Waals surface area contributed by atoms with Crippen LogP contribution in [0.5, 0.6) is 6.01 Å². The molecule has 3 aromatic carbocycles. The van der Waals surface area contributed by atoms with Crippen molar-refractivity contribution in [3.63, 3.8) is 0 Å². The Bertz CT molecular complexity index is 4130. The number of nitrogens with zero attached hydrogens (tertiary/aromatic N) is 9. The number of piperazine rings is 1. The number of ether oxygens (including phenoxy) is 3. The van der Waals surface area contributed by atoms with Gasteiger partial charge in [-0.15, -0.1) is 11.3 Å². The standard InChI is InChI=1S/C57H48ClF4N11O8S/c1-4-57(78)36-17-42-46-29(21-73(42)52(75)35(36)24-79-53(57)76)14-28-15-41(39(61)18-40(28)66-46)67-55(77)81-27(3)26(2)51(74)72-13-12-70(23-31(72)8-10-63)50-33-16-37(58)44(32-6-7-38(60)48-43(32)34(20-64)49(65)82-48)45(62)47(33)68-54(69-50)80-25-56-9-5-11-71(56)22-30(59)19-56/h6-7,14-18,27,30-31,78H,2,4-5,8-9,11-13,19,21-25,65H2,1,3H3,(H,67,77)/t27-,30+,31-,56-,57-/m0/s1. The monoisotopic (exact) mass is 1160 g/mol. The van der Waals surface area contributed by atoms with Crippen molar-refractivity contribution in [1.29, 1.82) is 10.5 Å². The van der Waals surface area contributed by atoms with Crippen LogP contribution in [-0.2, 0) is 37.8 Å². The van der Waals surface area contributed by atoms with Crippen LogP contribution in [0.4, 0.5) is 38.9 Å². The van der Waals surface area contributed by atoms with Crippen LogP contribution in [0.1, 0.15) is 68.2 Å². The fourth-order valence-electron chi connectivity index (χ4n) is 12.3. The SMILES string of the molecule is C=C(C(=O)N1CCN(c2nc(OC[C@@]34CCCN3C[C@H](F)C4)nc3c(F)c(-c4ccc(F)c5sc(N)c(C#N)c45)c(Cl)cc23)C[C@@H]1CC#N)[C@H](C)OC(=O)Nc1cc2cc3c(nc2cc1F)-c1cc2c(c(=O)n1C3)COC(=O)[C@]2(O)CC. The maximum Gasteiger partial charge on any atom is 0.412 e. The second-order valence-electron chi connectivity index (χ2n) is 21.2. The molecule has 3 saturated heterocycles. The van der Waals surface area contributed by atoms with Crippen LogP contribution >= 0.6 is 22.9 Å². The van der Waals surface area contributed by atoms with E-state index in [1.807, 2.05) is 11.0 Å². The topological polar surface area (TPSA) is 255 Å². The number of nitrogens with two attached hydrogens (primary N) is 1. The Kier molecular flexibility index (Phi) is 13.4. The molecule has 19 nitrogen and oxygen atoms in total. The molecule has 2 amide bonds. The number of benzene rings is 3. The second kappa shape index (κ2) is 20.2. The molecule has 0 saturated carbocycles. The Morgan fingerprint density at radius 3 is 2.66 bits per heavy atom. The molecule has 0 bridgehead atoms. The number of esters is 1. The van der Waals surface area contributed by atoms with Crippen molar-refractivity contribution >= 4 is 89.3 Å². The molecule has 82 heavy (non-hydrogen) atoms. The van der Waals surface area contributed by atoms with Gasteiger partial charge in [-0.2, -0.15) is 20.5 Å². The Labute approximate surface area is 472 Å². The number of pyridine rings is 2. The first-order valence-corrected chi connectivity index (χ1v) is 27.5. The van der Waals surface area contributed by atoms with Gasteiger partial charge >= 0.3 is 18.1 Å². The minimum atomic E-state index is -2.03. The molecule has 0 spiro atoms. The number of carbonyl (C=O) groups is 3. The minimum absolute atomic E-state index is 0.00790. The van der Waals surface area contributed by atoms with Crippen molar-refractivity contribution < 1.29 is 51.3 Å². The molecular weight excluding hydrogens is 1110 g/mol. The van der Waals surface area contributed by atoms with E-state index in [9.17, 15) is 39.2 Å². The summed E-state index contributed by atoms with van der Waals surface area (Å²) in [7, 11) is 0. The summed E-state index contributed by atoms with van der Waals surface area (Å²) >= 11 is 7.80. The quantitative estimate of drug-likeness (QED) is 0.0623. The van der Waals surface area contributed by atoms with Crippen LogP contribution in [0.2, 0.25) is 5.02 Å². The number of nitrogens with one attached hydrogen (secondary N) is 1. The molecule has 0 aliphatic carbocycles. The number of halogens is 5. The molecular formula is C57H48ClF4N11O8S. The van der Waals surface area contributed by atoms with Crippen molar-refractivity contribution in [2.45, 2.75) is 88.6 Å². The number of cyclic esters (lactones) is 1. The summed E-state index contributed by atoms with van der Waals surface area (Å²) in [6.07, 6.45) is -2.02. The van der Waals surface area contributed by atoms with E-state index in [1.54, 1.807) is 17.9 Å². The molecule has 25 heteroatoms. The van der Waals surface area contributed by atoms with Crippen molar-refractivity contribution in [2.24, 2.45) is 0 Å². The molecule has 420 valence electrons. The normalized spacial score (nSPS) is 21.4. The second-order valence-corrected chi connectivity index (χ2v) is 22.6. The molecule has 0 radical (unpaired) electrons. The van der Waals surface area contributed by atoms with E-state index < -0.39 is 70.4 Å². The van der Waals surface area contributed by atoms with Crippen molar-refractivity contribution in [1.82, 2.24) is 29.3 Å². The van der Waals surface area contributed by atoms with Crippen LogP contribution in [0.15, 0.2) is 59.4 Å². The van der Waals surface area contributed by atoms with Crippen LogP contribution in [0.3, 0.4) is 0 Å². The van der Waals surface area contributed by atoms with Gasteiger partial charge in [0.25, 0.3) is 11.5 Å². The zero-order valence-electron chi connectivity index (χ0n) is 43.9. The maximum atomic E-state index is 17.5. The summed E-state index contributed by atoms with van der Waals surface area (Å²) < 4.78 is 81.8. The van der Waals surface area contributed by atoms with E-state index in [4.69, 9.17) is 36.5 Å². The number of aliphatic hydroxyl groups is 1. The highest BCUT2D eigenvalue weighted by molar-refractivity contribution is 7.23. The molecule has 7 aromatic rings. The number of thiophene rings is 1. The molecule has 5 aliphatic heterocycles. The molecule has 9 heterocycles. The van der Waals surface area contributed by atoms with Gasteiger partial charge < -0.3 is 39.4 Å². The van der Waals surface area contributed by atoms with Crippen molar-refractivity contribution in [2.75, 3.05) is 55.3 Å². The number of amides is 2. The number of nitrogen functional groups attached to an aromatic ring is 1. The summed E-state index contributed by atoms with van der Waals surface area (Å²) in [6, 6.07) is 12.5. The predicted molar refractivity (Wildman–Crippen MR) is 294 cm³/mol.